The van der Waals surface area contributed by atoms with Crippen LogP contribution in [0.3, 0.4) is 0 Å². The molecule has 1 unspecified atom stereocenters. The Balaban J connectivity index is 2.62. The van der Waals surface area contributed by atoms with Crippen molar-refractivity contribution >= 4 is 11.9 Å². The van der Waals surface area contributed by atoms with E-state index in [1.54, 1.807) is 19.1 Å². The van der Waals surface area contributed by atoms with Gasteiger partial charge in [-0.25, -0.2) is 4.39 Å². The van der Waals surface area contributed by atoms with Gasteiger partial charge in [0.25, 0.3) is 0 Å². The molecule has 0 radical (unpaired) electrons. The molecule has 5 heteroatoms. The molecule has 1 atom stereocenters. The number of carboxylic acids is 1. The van der Waals surface area contributed by atoms with Gasteiger partial charge in [-0.3, -0.25) is 9.59 Å². The number of hydrogen-bond acceptors (Lipinski definition) is 2. The number of amides is 1. The first-order chi connectivity index (χ1) is 8.40. The summed E-state index contributed by atoms with van der Waals surface area (Å²) in [6.45, 7) is 1.48. The number of rotatable bonds is 5. The van der Waals surface area contributed by atoms with Crippen LogP contribution in [0.1, 0.15) is 24.8 Å². The van der Waals surface area contributed by atoms with Crippen LogP contribution in [0.4, 0.5) is 4.39 Å². The lowest BCUT2D eigenvalue weighted by Crippen LogP contribution is -2.32. The highest BCUT2D eigenvalue weighted by atomic mass is 19.1. The summed E-state index contributed by atoms with van der Waals surface area (Å²) in [4.78, 5) is 23.3. The number of nitrogens with zero attached hydrogens (tertiary/aromatic N) is 1. The first-order valence-electron chi connectivity index (χ1n) is 5.61. The fourth-order valence-corrected chi connectivity index (χ4v) is 1.64. The zero-order chi connectivity index (χ0) is 13.7. The van der Waals surface area contributed by atoms with Crippen LogP contribution in [0.15, 0.2) is 24.3 Å². The smallest absolute Gasteiger partial charge is 0.323 e. The minimum absolute atomic E-state index is 0.149. The quantitative estimate of drug-likeness (QED) is 0.871. The van der Waals surface area contributed by atoms with Crippen LogP contribution in [0, 0.1) is 5.82 Å². The van der Waals surface area contributed by atoms with Crippen molar-refractivity contribution in [2.45, 2.75) is 19.3 Å². The van der Waals surface area contributed by atoms with E-state index in [9.17, 15) is 14.0 Å². The summed E-state index contributed by atoms with van der Waals surface area (Å²) in [7, 11) is 1.44. The monoisotopic (exact) mass is 253 g/mol. The third-order valence-electron chi connectivity index (χ3n) is 2.70. The van der Waals surface area contributed by atoms with Crippen LogP contribution >= 0.6 is 0 Å². The molecule has 0 aromatic heterocycles. The van der Waals surface area contributed by atoms with Crippen LogP contribution < -0.4 is 0 Å². The van der Waals surface area contributed by atoms with Crippen molar-refractivity contribution in [1.29, 1.82) is 0 Å². The van der Waals surface area contributed by atoms with Gasteiger partial charge in [0.15, 0.2) is 0 Å². The van der Waals surface area contributed by atoms with E-state index in [1.165, 1.54) is 19.2 Å². The maximum atomic E-state index is 13.0. The lowest BCUT2D eigenvalue weighted by Gasteiger charge is -2.18. The number of likely N-dealkylation sites (N-methyl/N-ethyl adjacent to an activating group) is 1. The fraction of sp³-hybridized carbons (Fsp3) is 0.385. The molecule has 0 heterocycles. The van der Waals surface area contributed by atoms with E-state index in [4.69, 9.17) is 5.11 Å². The molecule has 0 spiro atoms. The zero-order valence-corrected chi connectivity index (χ0v) is 10.4. The molecule has 0 bridgehead atoms. The highest BCUT2D eigenvalue weighted by molar-refractivity contribution is 5.81. The molecule has 0 saturated heterocycles. The molecule has 0 aliphatic carbocycles. The second-order valence-electron chi connectivity index (χ2n) is 4.30. The number of hydrogen-bond donors (Lipinski definition) is 1. The van der Waals surface area contributed by atoms with Crippen LogP contribution in [-0.4, -0.2) is 35.5 Å². The predicted molar refractivity (Wildman–Crippen MR) is 64.7 cm³/mol. The molecule has 1 N–H and O–H groups in total. The maximum Gasteiger partial charge on any atom is 0.323 e. The van der Waals surface area contributed by atoms with Crippen molar-refractivity contribution in [3.05, 3.63) is 35.6 Å². The highest BCUT2D eigenvalue weighted by Gasteiger charge is 2.16. The van der Waals surface area contributed by atoms with Gasteiger partial charge in [0.2, 0.25) is 5.91 Å². The molecular formula is C13H16FNO3. The van der Waals surface area contributed by atoms with E-state index < -0.39 is 5.97 Å². The van der Waals surface area contributed by atoms with Gasteiger partial charge in [0.05, 0.1) is 0 Å². The largest absolute Gasteiger partial charge is 0.480 e. The summed E-state index contributed by atoms with van der Waals surface area (Å²) in [5.74, 6) is -1.81. The standard InChI is InChI=1S/C13H16FNO3/c1-9(10-4-3-5-11(14)7-10)6-12(16)15(2)8-13(17)18/h3-5,7,9H,6,8H2,1-2H3,(H,17,18). The third kappa shape index (κ3) is 4.16. The second kappa shape index (κ2) is 6.14. The van der Waals surface area contributed by atoms with Crippen molar-refractivity contribution < 1.29 is 19.1 Å². The van der Waals surface area contributed by atoms with Gasteiger partial charge in [-0.1, -0.05) is 19.1 Å². The molecule has 18 heavy (non-hydrogen) atoms. The first-order valence-corrected chi connectivity index (χ1v) is 5.61. The first kappa shape index (κ1) is 14.2. The minimum Gasteiger partial charge on any atom is -0.480 e. The predicted octanol–water partition coefficient (Wildman–Crippen LogP) is 1.86. The molecular weight excluding hydrogens is 237 g/mol. The average molecular weight is 253 g/mol. The van der Waals surface area contributed by atoms with Crippen molar-refractivity contribution in [1.82, 2.24) is 4.90 Å². The number of carbonyl (C=O) groups is 2. The normalized spacial score (nSPS) is 11.9. The maximum absolute atomic E-state index is 13.0. The van der Waals surface area contributed by atoms with Crippen LogP contribution in [-0.2, 0) is 9.59 Å². The molecule has 1 amide bonds. The Morgan fingerprint density at radius 2 is 2.11 bits per heavy atom. The van der Waals surface area contributed by atoms with Crippen molar-refractivity contribution in [3.63, 3.8) is 0 Å². The summed E-state index contributed by atoms with van der Waals surface area (Å²) in [5, 5.41) is 8.58. The van der Waals surface area contributed by atoms with Crippen LogP contribution in [0.25, 0.3) is 0 Å². The summed E-state index contributed by atoms with van der Waals surface area (Å²) >= 11 is 0. The number of aliphatic carboxylic acids is 1. The Hall–Kier alpha value is -1.91. The third-order valence-corrected chi connectivity index (χ3v) is 2.70. The number of halogens is 1. The molecule has 1 aromatic rings. The number of carboxylic acid groups (broad SMARTS) is 1. The van der Waals surface area contributed by atoms with Gasteiger partial charge < -0.3 is 10.0 Å². The summed E-state index contributed by atoms with van der Waals surface area (Å²) in [6.07, 6.45) is 0.160. The number of benzene rings is 1. The van der Waals surface area contributed by atoms with Gasteiger partial charge in [-0.2, -0.15) is 0 Å². The van der Waals surface area contributed by atoms with E-state index in [2.05, 4.69) is 0 Å². The van der Waals surface area contributed by atoms with Crippen LogP contribution in [0.5, 0.6) is 0 Å². The molecule has 1 rings (SSSR count). The van der Waals surface area contributed by atoms with Crippen molar-refractivity contribution in [3.8, 4) is 0 Å². The van der Waals surface area contributed by atoms with E-state index in [0.29, 0.717) is 0 Å². The average Bonchev–Trinajstić information content (AvgIpc) is 2.27. The minimum atomic E-state index is -1.05. The lowest BCUT2D eigenvalue weighted by molar-refractivity contribution is -0.143. The van der Waals surface area contributed by atoms with Gasteiger partial charge in [-0.05, 0) is 23.6 Å². The van der Waals surface area contributed by atoms with E-state index in [-0.39, 0.29) is 30.6 Å². The summed E-state index contributed by atoms with van der Waals surface area (Å²) in [6, 6.07) is 6.06. The molecule has 0 aliphatic heterocycles. The topological polar surface area (TPSA) is 57.6 Å². The summed E-state index contributed by atoms with van der Waals surface area (Å²) in [5.41, 5.74) is 0.729. The molecule has 0 saturated carbocycles. The fourth-order valence-electron chi connectivity index (χ4n) is 1.64. The molecule has 0 fully saturated rings. The van der Waals surface area contributed by atoms with E-state index >= 15 is 0 Å². The van der Waals surface area contributed by atoms with Crippen molar-refractivity contribution in [2.75, 3.05) is 13.6 Å². The molecule has 1 aromatic carbocycles. The SMILES string of the molecule is CC(CC(=O)N(C)CC(=O)O)c1cccc(F)c1. The van der Waals surface area contributed by atoms with Crippen molar-refractivity contribution in [2.24, 2.45) is 0 Å². The zero-order valence-electron chi connectivity index (χ0n) is 10.4. The van der Waals surface area contributed by atoms with E-state index in [0.717, 1.165) is 10.5 Å². The van der Waals surface area contributed by atoms with E-state index in [1.807, 2.05) is 0 Å². The lowest BCUT2D eigenvalue weighted by atomic mass is 9.97. The summed E-state index contributed by atoms with van der Waals surface area (Å²) < 4.78 is 13.0. The second-order valence-corrected chi connectivity index (χ2v) is 4.30. The Morgan fingerprint density at radius 1 is 1.44 bits per heavy atom. The van der Waals surface area contributed by atoms with Gasteiger partial charge >= 0.3 is 5.97 Å². The van der Waals surface area contributed by atoms with Gasteiger partial charge in [0.1, 0.15) is 12.4 Å². The molecule has 4 nitrogen and oxygen atoms in total. The number of carbonyl (C=O) groups excluding carboxylic acids is 1. The Labute approximate surface area is 105 Å². The molecule has 98 valence electrons. The van der Waals surface area contributed by atoms with Crippen LogP contribution in [0.2, 0.25) is 0 Å². The Morgan fingerprint density at radius 3 is 2.67 bits per heavy atom. The Kier molecular flexibility index (Phi) is 4.83. The van der Waals surface area contributed by atoms with Gasteiger partial charge in [0, 0.05) is 13.5 Å². The molecule has 0 aliphatic rings. The highest BCUT2D eigenvalue weighted by Crippen LogP contribution is 2.20. The van der Waals surface area contributed by atoms with Gasteiger partial charge in [-0.15, -0.1) is 0 Å². The Bertz CT molecular complexity index is 448.